The van der Waals surface area contributed by atoms with Crippen molar-refractivity contribution >= 4 is 0 Å². The molecule has 0 fully saturated rings. The van der Waals surface area contributed by atoms with Gasteiger partial charge in [-0.1, -0.05) is 0 Å². The van der Waals surface area contributed by atoms with Crippen molar-refractivity contribution in [1.29, 1.82) is 0 Å². The molecule has 0 atom stereocenters. The van der Waals surface area contributed by atoms with Gasteiger partial charge in [0.1, 0.15) is 0 Å². The molecule has 0 saturated heterocycles. The van der Waals surface area contributed by atoms with E-state index < -0.39 is 0 Å². The van der Waals surface area contributed by atoms with Gasteiger partial charge in [-0.2, -0.15) is 12.2 Å². The Morgan fingerprint density at radius 1 is 0.714 bits per heavy atom. The first-order chi connectivity index (χ1) is 5.00. The van der Waals surface area contributed by atoms with Gasteiger partial charge >= 0.3 is 22.4 Å². The van der Waals surface area contributed by atoms with E-state index in [1.54, 1.807) is 0 Å². The molecule has 0 heterocycles. The zero-order valence-corrected chi connectivity index (χ0v) is 15.4. The van der Waals surface area contributed by atoms with E-state index in [9.17, 15) is 0 Å². The predicted molar refractivity (Wildman–Crippen MR) is 43.1 cm³/mol. The molecule has 0 bridgehead atoms. The molecule has 0 radical (unpaired) electrons. The zero-order chi connectivity index (χ0) is 7.07. The van der Waals surface area contributed by atoms with Crippen LogP contribution in [0, 0.1) is 12.2 Å². The maximum atomic E-state index is 2.99. The largest absolute Gasteiger partial charge is 5.00 e. The average Bonchev–Trinajstić information content (AvgIpc) is 2.67. The van der Waals surface area contributed by atoms with Crippen molar-refractivity contribution in [3.8, 4) is 0 Å². The summed E-state index contributed by atoms with van der Waals surface area (Å²) in [6, 6.07) is 0. The van der Waals surface area contributed by atoms with Gasteiger partial charge in [-0.05, 0) is 0 Å². The molecule has 0 aromatic carbocycles. The second-order valence-electron chi connectivity index (χ2n) is 2.01. The van der Waals surface area contributed by atoms with Gasteiger partial charge < -0.3 is 50.9 Å². The van der Waals surface area contributed by atoms with Crippen LogP contribution in [0.3, 0.4) is 0 Å². The second kappa shape index (κ2) is 19.7. The zero-order valence-electron chi connectivity index (χ0n) is 7.46. The third-order valence-electron chi connectivity index (χ3n) is 1.17. The molecule has 2 aliphatic rings. The summed E-state index contributed by atoms with van der Waals surface area (Å²) in [5.74, 6) is 0. The van der Waals surface area contributed by atoms with Crippen LogP contribution in [0.15, 0.2) is 36.5 Å². The molecule has 0 aliphatic heterocycles. The molecular weight excluding hydrogens is 541 g/mol. The van der Waals surface area contributed by atoms with Gasteiger partial charge in [0.05, 0.1) is 0 Å². The first kappa shape index (κ1) is 24.4. The number of hydrogen-bond donors (Lipinski definition) is 0. The molecule has 4 heteroatoms. The minimum absolute atomic E-state index is 0. The first-order valence-corrected chi connectivity index (χ1v) is 3.43. The summed E-state index contributed by atoms with van der Waals surface area (Å²) in [6.07, 6.45) is 20.0. The Bertz CT molecular complexity index is 154. The Balaban J connectivity index is -0.0000000556. The third-order valence-corrected chi connectivity index (χ3v) is 1.17. The van der Waals surface area contributed by atoms with Gasteiger partial charge in [0, 0.05) is 0 Å². The van der Waals surface area contributed by atoms with E-state index >= 15 is 0 Å². The van der Waals surface area contributed by atoms with Gasteiger partial charge in [-0.3, -0.25) is 12.2 Å². The quantitative estimate of drug-likeness (QED) is 0.264. The van der Waals surface area contributed by atoms with Gasteiger partial charge in [-0.15, -0.1) is 12.8 Å². The van der Waals surface area contributed by atoms with E-state index in [0.717, 1.165) is 12.8 Å². The van der Waals surface area contributed by atoms with Gasteiger partial charge in [0.15, 0.2) is 0 Å². The molecule has 0 nitrogen and oxygen atoms in total. The number of allylic oxidation sites excluding steroid dienone is 8. The number of rotatable bonds is 0. The molecular formula is C10H10Br3Ta. The minimum Gasteiger partial charge on any atom is -1.00 e. The number of hydrogen-bond acceptors (Lipinski definition) is 0. The summed E-state index contributed by atoms with van der Waals surface area (Å²) in [5.41, 5.74) is 0. The van der Waals surface area contributed by atoms with Crippen molar-refractivity contribution in [2.75, 3.05) is 0 Å². The van der Waals surface area contributed by atoms with Crippen LogP contribution < -0.4 is 50.9 Å². The van der Waals surface area contributed by atoms with Crippen molar-refractivity contribution in [1.82, 2.24) is 0 Å². The van der Waals surface area contributed by atoms with Crippen molar-refractivity contribution in [2.24, 2.45) is 0 Å². The molecule has 0 saturated carbocycles. The van der Waals surface area contributed by atoms with Crippen LogP contribution in [0.2, 0.25) is 0 Å². The molecule has 76 valence electrons. The van der Waals surface area contributed by atoms with E-state index in [1.165, 1.54) is 0 Å². The van der Waals surface area contributed by atoms with Crippen molar-refractivity contribution < 1.29 is 73.3 Å². The van der Waals surface area contributed by atoms with Gasteiger partial charge in [-0.25, -0.2) is 24.3 Å². The maximum absolute atomic E-state index is 2.99. The van der Waals surface area contributed by atoms with E-state index in [1.807, 2.05) is 24.3 Å². The standard InChI is InChI=1S/2C5H5.3BrH.Ta/c2*1-2-4-5-3-1;;;;/h2*1-3H,4H2;3*1H;/q2*-1;;;;+5/p-3. The summed E-state index contributed by atoms with van der Waals surface area (Å²) >= 11 is 0. The summed E-state index contributed by atoms with van der Waals surface area (Å²) in [4.78, 5) is 0. The average molecular weight is 551 g/mol. The summed E-state index contributed by atoms with van der Waals surface area (Å²) in [5, 5.41) is 0. The normalized spacial score (nSPS) is 12.6. The molecule has 0 unspecified atom stereocenters. The predicted octanol–water partition coefficient (Wildman–Crippen LogP) is -6.38. The van der Waals surface area contributed by atoms with Crippen molar-refractivity contribution in [3.63, 3.8) is 0 Å². The molecule has 0 amide bonds. The Labute approximate surface area is 133 Å². The molecule has 0 aromatic heterocycles. The van der Waals surface area contributed by atoms with Crippen LogP contribution >= 0.6 is 0 Å². The Morgan fingerprint density at radius 2 is 1.07 bits per heavy atom. The summed E-state index contributed by atoms with van der Waals surface area (Å²) in [6.45, 7) is 0. The van der Waals surface area contributed by atoms with Crippen LogP contribution in [0.25, 0.3) is 0 Å². The fourth-order valence-electron chi connectivity index (χ4n) is 0.680. The van der Waals surface area contributed by atoms with Crippen LogP contribution in [-0.2, 0) is 22.4 Å². The first-order valence-electron chi connectivity index (χ1n) is 3.43. The van der Waals surface area contributed by atoms with Crippen molar-refractivity contribution in [3.05, 3.63) is 48.6 Å². The Kier molecular flexibility index (Phi) is 34.3. The summed E-state index contributed by atoms with van der Waals surface area (Å²) < 4.78 is 0. The van der Waals surface area contributed by atoms with E-state index in [-0.39, 0.29) is 73.3 Å². The molecule has 14 heavy (non-hydrogen) atoms. The maximum Gasteiger partial charge on any atom is 5.00 e. The monoisotopic (exact) mass is 548 g/mol. The topological polar surface area (TPSA) is 0 Å². The van der Waals surface area contributed by atoms with Gasteiger partial charge in [0.25, 0.3) is 0 Å². The third kappa shape index (κ3) is 15.6. The summed E-state index contributed by atoms with van der Waals surface area (Å²) in [7, 11) is 0. The fourth-order valence-corrected chi connectivity index (χ4v) is 0.680. The van der Waals surface area contributed by atoms with Crippen LogP contribution in [0.4, 0.5) is 0 Å². The Morgan fingerprint density at radius 3 is 1.14 bits per heavy atom. The van der Waals surface area contributed by atoms with E-state index in [0.29, 0.717) is 0 Å². The van der Waals surface area contributed by atoms with Gasteiger partial charge in [0.2, 0.25) is 0 Å². The van der Waals surface area contributed by atoms with Crippen LogP contribution in [0.5, 0.6) is 0 Å². The molecule has 0 aromatic rings. The minimum atomic E-state index is 0. The Hall–Kier alpha value is 1.14. The van der Waals surface area contributed by atoms with Crippen LogP contribution in [-0.4, -0.2) is 0 Å². The van der Waals surface area contributed by atoms with Crippen molar-refractivity contribution in [2.45, 2.75) is 12.8 Å². The molecule has 2 aliphatic carbocycles. The van der Waals surface area contributed by atoms with E-state index in [2.05, 4.69) is 24.3 Å². The molecule has 0 spiro atoms. The van der Waals surface area contributed by atoms with Crippen LogP contribution in [0.1, 0.15) is 12.8 Å². The molecule has 2 rings (SSSR count). The SMILES string of the molecule is [Br-].[Br-].[Br-].[C-]1=CC=CC1.[C-]1=CC=CC1.[Ta+5]. The second-order valence-corrected chi connectivity index (χ2v) is 2.01. The smallest absolute Gasteiger partial charge is 1.00 e. The fraction of sp³-hybridized carbons (Fsp3) is 0.200. The number of halogens is 3. The van der Waals surface area contributed by atoms with E-state index in [4.69, 9.17) is 0 Å². The molecule has 0 N–H and O–H groups in total.